The van der Waals surface area contributed by atoms with Gasteiger partial charge in [-0.2, -0.15) is 0 Å². The highest BCUT2D eigenvalue weighted by Crippen LogP contribution is 2.20. The molecule has 5 heteroatoms. The first-order valence-corrected chi connectivity index (χ1v) is 4.35. The lowest BCUT2D eigenvalue weighted by Crippen LogP contribution is -2.15. The lowest BCUT2D eigenvalue weighted by atomic mass is 9.82. The Morgan fingerprint density at radius 1 is 1.29 bits per heavy atom. The standard InChI is InChI=1S/C9H11BF3O/c1-14-9-4-2-3-8(7-9)5-6-10(11,12)13/h2-4,7H,5-6H2,1H3/q-1. The second kappa shape index (κ2) is 4.40. The first-order chi connectivity index (χ1) is 6.51. The molecule has 0 amide bonds. The molecule has 0 aliphatic heterocycles. The summed E-state index contributed by atoms with van der Waals surface area (Å²) in [4.78, 5) is 0. The number of rotatable bonds is 4. The maximum atomic E-state index is 12.0. The van der Waals surface area contributed by atoms with Gasteiger partial charge in [0.1, 0.15) is 5.75 Å². The highest BCUT2D eigenvalue weighted by atomic mass is 19.4. The predicted octanol–water partition coefficient (Wildman–Crippen LogP) is 3.09. The molecular weight excluding hydrogens is 192 g/mol. The van der Waals surface area contributed by atoms with Crippen LogP contribution >= 0.6 is 0 Å². The van der Waals surface area contributed by atoms with Gasteiger partial charge in [0.15, 0.2) is 0 Å². The van der Waals surface area contributed by atoms with E-state index in [1.807, 2.05) is 0 Å². The Labute approximate surface area is 80.9 Å². The molecule has 0 saturated carbocycles. The van der Waals surface area contributed by atoms with Crippen molar-refractivity contribution in [3.05, 3.63) is 29.8 Å². The van der Waals surface area contributed by atoms with Gasteiger partial charge in [0.25, 0.3) is 0 Å². The molecule has 0 bridgehead atoms. The predicted molar refractivity (Wildman–Crippen MR) is 50.6 cm³/mol. The fraction of sp³-hybridized carbons (Fsp3) is 0.333. The minimum atomic E-state index is -4.69. The fourth-order valence-electron chi connectivity index (χ4n) is 1.16. The second-order valence-corrected chi connectivity index (χ2v) is 3.10. The van der Waals surface area contributed by atoms with E-state index in [1.54, 1.807) is 24.3 Å². The first-order valence-electron chi connectivity index (χ1n) is 4.35. The third-order valence-electron chi connectivity index (χ3n) is 1.89. The zero-order chi connectivity index (χ0) is 10.6. The molecule has 0 heterocycles. The molecule has 0 spiro atoms. The molecule has 78 valence electrons. The number of benzene rings is 1. The summed E-state index contributed by atoms with van der Waals surface area (Å²) in [6.07, 6.45) is -0.701. The van der Waals surface area contributed by atoms with Gasteiger partial charge in [-0.25, -0.2) is 0 Å². The number of halogens is 3. The number of hydrogen-bond donors (Lipinski definition) is 0. The molecule has 0 fully saturated rings. The Morgan fingerprint density at radius 2 is 2.00 bits per heavy atom. The van der Waals surface area contributed by atoms with E-state index in [4.69, 9.17) is 4.74 Å². The summed E-state index contributed by atoms with van der Waals surface area (Å²) >= 11 is 0. The monoisotopic (exact) mass is 203 g/mol. The summed E-state index contributed by atoms with van der Waals surface area (Å²) in [6.45, 7) is -4.69. The van der Waals surface area contributed by atoms with Gasteiger partial charge >= 0.3 is 6.98 Å². The van der Waals surface area contributed by atoms with Gasteiger partial charge in [0, 0.05) is 0 Å². The first kappa shape index (κ1) is 11.0. The van der Waals surface area contributed by atoms with E-state index in [0.717, 1.165) is 0 Å². The highest BCUT2D eigenvalue weighted by Gasteiger charge is 2.21. The van der Waals surface area contributed by atoms with Crippen molar-refractivity contribution < 1.29 is 17.7 Å². The van der Waals surface area contributed by atoms with Crippen molar-refractivity contribution in [2.24, 2.45) is 0 Å². The van der Waals surface area contributed by atoms with Crippen LogP contribution in [0.3, 0.4) is 0 Å². The molecule has 0 unspecified atom stereocenters. The Bertz CT molecular complexity index is 298. The summed E-state index contributed by atoms with van der Waals surface area (Å²) in [5.74, 6) is 0.595. The molecule has 0 atom stereocenters. The van der Waals surface area contributed by atoms with Crippen LogP contribution in [0.4, 0.5) is 12.9 Å². The van der Waals surface area contributed by atoms with Crippen molar-refractivity contribution in [3.8, 4) is 5.75 Å². The maximum Gasteiger partial charge on any atom is 0.478 e. The van der Waals surface area contributed by atoms with Crippen molar-refractivity contribution in [1.29, 1.82) is 0 Å². The molecule has 0 aromatic heterocycles. The lowest BCUT2D eigenvalue weighted by Gasteiger charge is -2.13. The summed E-state index contributed by atoms with van der Waals surface area (Å²) in [6, 6.07) is 6.70. The van der Waals surface area contributed by atoms with Crippen LogP contribution < -0.4 is 4.74 Å². The average Bonchev–Trinajstić information content (AvgIpc) is 2.14. The average molecular weight is 203 g/mol. The molecule has 0 saturated heterocycles. The molecule has 0 radical (unpaired) electrons. The summed E-state index contributed by atoms with van der Waals surface area (Å²) in [5.41, 5.74) is 0.656. The molecule has 14 heavy (non-hydrogen) atoms. The fourth-order valence-corrected chi connectivity index (χ4v) is 1.16. The quantitative estimate of drug-likeness (QED) is 0.683. The van der Waals surface area contributed by atoms with E-state index in [9.17, 15) is 12.9 Å². The Kier molecular flexibility index (Phi) is 3.44. The molecule has 0 aliphatic rings. The Hall–Kier alpha value is -1.13. The van der Waals surface area contributed by atoms with E-state index >= 15 is 0 Å². The summed E-state index contributed by atoms with van der Waals surface area (Å²) in [5, 5.41) is 0. The van der Waals surface area contributed by atoms with Gasteiger partial charge in [-0.3, -0.25) is 0 Å². The molecule has 1 nitrogen and oxygen atoms in total. The van der Waals surface area contributed by atoms with Crippen LogP contribution in [0.2, 0.25) is 6.32 Å². The van der Waals surface area contributed by atoms with Gasteiger partial charge in [-0.05, 0) is 17.7 Å². The smallest absolute Gasteiger partial charge is 0.478 e. The molecule has 1 aromatic carbocycles. The van der Waals surface area contributed by atoms with E-state index < -0.39 is 13.3 Å². The normalized spacial score (nSPS) is 11.4. The minimum absolute atomic E-state index is 0.0285. The molecule has 0 aliphatic carbocycles. The van der Waals surface area contributed by atoms with Gasteiger partial charge in [-0.1, -0.05) is 24.9 Å². The highest BCUT2D eigenvalue weighted by molar-refractivity contribution is 6.58. The third kappa shape index (κ3) is 3.72. The van der Waals surface area contributed by atoms with Crippen molar-refractivity contribution in [1.82, 2.24) is 0 Å². The summed E-state index contributed by atoms with van der Waals surface area (Å²) < 4.78 is 40.8. The van der Waals surface area contributed by atoms with Crippen molar-refractivity contribution in [3.63, 3.8) is 0 Å². The topological polar surface area (TPSA) is 9.23 Å². The zero-order valence-corrected chi connectivity index (χ0v) is 7.84. The minimum Gasteiger partial charge on any atom is -0.497 e. The van der Waals surface area contributed by atoms with E-state index in [2.05, 4.69) is 0 Å². The Balaban J connectivity index is 2.59. The summed E-state index contributed by atoms with van der Waals surface area (Å²) in [7, 11) is 1.49. The van der Waals surface area contributed by atoms with E-state index in [0.29, 0.717) is 11.3 Å². The maximum absolute atomic E-state index is 12.0. The van der Waals surface area contributed by atoms with Crippen molar-refractivity contribution in [2.45, 2.75) is 12.7 Å². The van der Waals surface area contributed by atoms with Crippen molar-refractivity contribution in [2.75, 3.05) is 7.11 Å². The third-order valence-corrected chi connectivity index (χ3v) is 1.89. The number of ether oxygens (including phenoxy) is 1. The zero-order valence-electron chi connectivity index (χ0n) is 7.84. The van der Waals surface area contributed by atoms with Gasteiger partial charge in [0.2, 0.25) is 0 Å². The van der Waals surface area contributed by atoms with Crippen LogP contribution in [0, 0.1) is 0 Å². The second-order valence-electron chi connectivity index (χ2n) is 3.10. The lowest BCUT2D eigenvalue weighted by molar-refractivity contribution is 0.414. The van der Waals surface area contributed by atoms with Crippen LogP contribution in [0.1, 0.15) is 5.56 Å². The van der Waals surface area contributed by atoms with Crippen LogP contribution in [0.5, 0.6) is 5.75 Å². The molecule has 1 aromatic rings. The van der Waals surface area contributed by atoms with Crippen LogP contribution in [0.25, 0.3) is 0 Å². The van der Waals surface area contributed by atoms with Gasteiger partial charge in [0.05, 0.1) is 7.11 Å². The van der Waals surface area contributed by atoms with Crippen molar-refractivity contribution >= 4 is 6.98 Å². The van der Waals surface area contributed by atoms with Crippen LogP contribution in [0.15, 0.2) is 24.3 Å². The van der Waals surface area contributed by atoms with Crippen LogP contribution in [-0.4, -0.2) is 14.1 Å². The number of methoxy groups -OCH3 is 1. The largest absolute Gasteiger partial charge is 0.497 e. The molecule has 1 rings (SSSR count). The van der Waals surface area contributed by atoms with E-state index in [1.165, 1.54) is 7.11 Å². The molecule has 0 N–H and O–H groups in total. The number of aryl methyl sites for hydroxylation is 1. The molecular formula is C9H11BF3O-. The van der Waals surface area contributed by atoms with Gasteiger partial charge < -0.3 is 17.7 Å². The SMILES string of the molecule is COc1cccc(CC[B-](F)(F)F)c1. The van der Waals surface area contributed by atoms with Crippen LogP contribution in [-0.2, 0) is 6.42 Å². The van der Waals surface area contributed by atoms with Gasteiger partial charge in [-0.15, -0.1) is 0 Å². The Morgan fingerprint density at radius 3 is 2.57 bits per heavy atom. The van der Waals surface area contributed by atoms with E-state index in [-0.39, 0.29) is 6.42 Å². The number of hydrogen-bond acceptors (Lipinski definition) is 1.